The molecule has 0 spiro atoms. The molecule has 1 aromatic heterocycles. The molecule has 0 aliphatic rings. The van der Waals surface area contributed by atoms with Gasteiger partial charge in [0, 0.05) is 18.1 Å². The highest BCUT2D eigenvalue weighted by molar-refractivity contribution is 5.83. The molecule has 0 amide bonds. The van der Waals surface area contributed by atoms with E-state index in [0.29, 0.717) is 0 Å². The van der Waals surface area contributed by atoms with Crippen LogP contribution in [0.25, 0.3) is 10.9 Å². The zero-order valence-corrected chi connectivity index (χ0v) is 11.5. The van der Waals surface area contributed by atoms with Gasteiger partial charge < -0.3 is 9.88 Å². The van der Waals surface area contributed by atoms with Gasteiger partial charge in [-0.05, 0) is 43.6 Å². The molecule has 0 radical (unpaired) electrons. The van der Waals surface area contributed by atoms with Gasteiger partial charge in [-0.2, -0.15) is 0 Å². The Bertz CT molecular complexity index is 548. The van der Waals surface area contributed by atoms with Gasteiger partial charge in [-0.25, -0.2) is 8.78 Å². The lowest BCUT2D eigenvalue weighted by Crippen LogP contribution is -2.26. The number of fused-ring (bicyclic) bond motifs is 1. The van der Waals surface area contributed by atoms with Crippen molar-refractivity contribution in [1.29, 1.82) is 0 Å². The van der Waals surface area contributed by atoms with Crippen molar-refractivity contribution in [2.75, 3.05) is 19.6 Å². The van der Waals surface area contributed by atoms with Crippen LogP contribution in [0.1, 0.15) is 25.8 Å². The number of nitrogens with one attached hydrogen (secondary N) is 1. The molecule has 19 heavy (non-hydrogen) atoms. The molecule has 1 aromatic carbocycles. The van der Waals surface area contributed by atoms with E-state index in [-0.39, 0.29) is 5.52 Å². The van der Waals surface area contributed by atoms with Crippen molar-refractivity contribution in [3.05, 3.63) is 35.5 Å². The quantitative estimate of drug-likeness (QED) is 0.844. The van der Waals surface area contributed by atoms with Gasteiger partial charge in [0.15, 0.2) is 11.6 Å². The summed E-state index contributed by atoms with van der Waals surface area (Å²) in [6.45, 7) is 7.32. The van der Waals surface area contributed by atoms with Crippen molar-refractivity contribution >= 4 is 10.9 Å². The van der Waals surface area contributed by atoms with Crippen molar-refractivity contribution in [3.8, 4) is 0 Å². The standard InChI is InChI=1S/C15H20F2N2/c1-3-8-19(4-2)9-7-11-10-18-15-12(11)5-6-13(16)14(15)17/h5-6,10,18H,3-4,7-9H2,1-2H3. The summed E-state index contributed by atoms with van der Waals surface area (Å²) in [6.07, 6.45) is 3.76. The van der Waals surface area contributed by atoms with Crippen LogP contribution >= 0.6 is 0 Å². The Hall–Kier alpha value is -1.42. The summed E-state index contributed by atoms with van der Waals surface area (Å²) in [5.74, 6) is -1.59. The van der Waals surface area contributed by atoms with Gasteiger partial charge in [-0.1, -0.05) is 13.8 Å². The monoisotopic (exact) mass is 266 g/mol. The van der Waals surface area contributed by atoms with Gasteiger partial charge in [0.1, 0.15) is 0 Å². The van der Waals surface area contributed by atoms with E-state index in [0.717, 1.165) is 43.4 Å². The summed E-state index contributed by atoms with van der Waals surface area (Å²) in [7, 11) is 0. The molecule has 0 unspecified atom stereocenters. The Labute approximate surface area is 112 Å². The topological polar surface area (TPSA) is 19.0 Å². The Balaban J connectivity index is 2.15. The number of hydrogen-bond donors (Lipinski definition) is 1. The molecule has 1 N–H and O–H groups in total. The van der Waals surface area contributed by atoms with Gasteiger partial charge in [-0.3, -0.25) is 0 Å². The van der Waals surface area contributed by atoms with Crippen molar-refractivity contribution in [2.24, 2.45) is 0 Å². The van der Waals surface area contributed by atoms with Crippen LogP contribution in [0.3, 0.4) is 0 Å². The molecule has 0 fully saturated rings. The smallest absolute Gasteiger partial charge is 0.182 e. The predicted molar refractivity (Wildman–Crippen MR) is 74.3 cm³/mol. The number of aromatic nitrogens is 1. The molecule has 2 aromatic rings. The van der Waals surface area contributed by atoms with E-state index in [4.69, 9.17) is 0 Å². The minimum atomic E-state index is -0.804. The summed E-state index contributed by atoms with van der Waals surface area (Å²) in [4.78, 5) is 5.20. The average molecular weight is 266 g/mol. The SMILES string of the molecule is CCCN(CC)CCc1c[nH]c2c(F)c(F)ccc12. The van der Waals surface area contributed by atoms with Crippen molar-refractivity contribution in [2.45, 2.75) is 26.7 Å². The largest absolute Gasteiger partial charge is 0.358 e. The predicted octanol–water partition coefficient (Wildman–Crippen LogP) is 3.72. The number of benzene rings is 1. The van der Waals surface area contributed by atoms with Gasteiger partial charge in [0.2, 0.25) is 0 Å². The molecular formula is C15H20F2N2. The number of rotatable bonds is 6. The molecule has 0 aliphatic carbocycles. The molecule has 1 heterocycles. The zero-order valence-electron chi connectivity index (χ0n) is 11.5. The molecule has 2 rings (SSSR count). The maximum atomic E-state index is 13.6. The lowest BCUT2D eigenvalue weighted by Gasteiger charge is -2.18. The van der Waals surface area contributed by atoms with Crippen molar-refractivity contribution < 1.29 is 8.78 Å². The molecule has 104 valence electrons. The molecule has 0 bridgehead atoms. The normalized spacial score (nSPS) is 11.6. The summed E-state index contributed by atoms with van der Waals surface area (Å²) < 4.78 is 26.7. The molecule has 2 nitrogen and oxygen atoms in total. The number of hydrogen-bond acceptors (Lipinski definition) is 1. The first-order valence-corrected chi connectivity index (χ1v) is 6.83. The first kappa shape index (κ1) is 14.0. The fourth-order valence-electron chi connectivity index (χ4n) is 2.43. The Kier molecular flexibility index (Phi) is 4.53. The maximum Gasteiger partial charge on any atom is 0.182 e. The third-order valence-electron chi connectivity index (χ3n) is 3.52. The Morgan fingerprint density at radius 1 is 1.16 bits per heavy atom. The number of halogens is 2. The van der Waals surface area contributed by atoms with Gasteiger partial charge >= 0.3 is 0 Å². The van der Waals surface area contributed by atoms with E-state index in [1.807, 2.05) is 0 Å². The lowest BCUT2D eigenvalue weighted by molar-refractivity contribution is 0.293. The highest BCUT2D eigenvalue weighted by Gasteiger charge is 2.12. The van der Waals surface area contributed by atoms with Crippen LogP contribution in [-0.2, 0) is 6.42 Å². The van der Waals surface area contributed by atoms with E-state index < -0.39 is 11.6 Å². The summed E-state index contributed by atoms with van der Waals surface area (Å²) in [5.41, 5.74) is 1.32. The van der Waals surface area contributed by atoms with Crippen LogP contribution < -0.4 is 0 Å². The van der Waals surface area contributed by atoms with E-state index in [2.05, 4.69) is 23.7 Å². The highest BCUT2D eigenvalue weighted by Crippen LogP contribution is 2.23. The van der Waals surface area contributed by atoms with Crippen LogP contribution in [0.2, 0.25) is 0 Å². The molecule has 4 heteroatoms. The minimum Gasteiger partial charge on any atom is -0.358 e. The Morgan fingerprint density at radius 2 is 1.95 bits per heavy atom. The molecular weight excluding hydrogens is 246 g/mol. The van der Waals surface area contributed by atoms with Crippen LogP contribution in [0, 0.1) is 11.6 Å². The highest BCUT2D eigenvalue weighted by atomic mass is 19.2. The van der Waals surface area contributed by atoms with E-state index in [9.17, 15) is 8.78 Å². The number of H-pyrrole nitrogens is 1. The summed E-state index contributed by atoms with van der Waals surface area (Å²) in [6, 6.07) is 2.84. The average Bonchev–Trinajstić information content (AvgIpc) is 2.82. The molecule has 0 aliphatic heterocycles. The van der Waals surface area contributed by atoms with E-state index in [1.165, 1.54) is 6.07 Å². The lowest BCUT2D eigenvalue weighted by atomic mass is 10.1. The van der Waals surface area contributed by atoms with Crippen molar-refractivity contribution in [1.82, 2.24) is 9.88 Å². The fourth-order valence-corrected chi connectivity index (χ4v) is 2.43. The first-order chi connectivity index (χ1) is 9.17. The van der Waals surface area contributed by atoms with Crippen LogP contribution in [0.5, 0.6) is 0 Å². The molecule has 0 saturated carbocycles. The van der Waals surface area contributed by atoms with E-state index in [1.54, 1.807) is 12.3 Å². The van der Waals surface area contributed by atoms with Gasteiger partial charge in [0.05, 0.1) is 5.52 Å². The summed E-state index contributed by atoms with van der Waals surface area (Å²) in [5, 5.41) is 0.784. The third-order valence-corrected chi connectivity index (χ3v) is 3.52. The fraction of sp³-hybridized carbons (Fsp3) is 0.467. The van der Waals surface area contributed by atoms with Gasteiger partial charge in [0.25, 0.3) is 0 Å². The Morgan fingerprint density at radius 3 is 2.63 bits per heavy atom. The second kappa shape index (κ2) is 6.15. The summed E-state index contributed by atoms with van der Waals surface area (Å²) >= 11 is 0. The number of nitrogens with zero attached hydrogens (tertiary/aromatic N) is 1. The second-order valence-electron chi connectivity index (χ2n) is 4.78. The van der Waals surface area contributed by atoms with Crippen LogP contribution in [0.15, 0.2) is 18.3 Å². The minimum absolute atomic E-state index is 0.272. The van der Waals surface area contributed by atoms with Crippen molar-refractivity contribution in [3.63, 3.8) is 0 Å². The zero-order chi connectivity index (χ0) is 13.8. The van der Waals surface area contributed by atoms with Gasteiger partial charge in [-0.15, -0.1) is 0 Å². The second-order valence-corrected chi connectivity index (χ2v) is 4.78. The van der Waals surface area contributed by atoms with Crippen LogP contribution in [-0.4, -0.2) is 29.5 Å². The number of likely N-dealkylation sites (N-methyl/N-ethyl adjacent to an activating group) is 1. The third kappa shape index (κ3) is 2.95. The van der Waals surface area contributed by atoms with E-state index >= 15 is 0 Å². The maximum absolute atomic E-state index is 13.6. The number of aromatic amines is 1. The molecule has 0 atom stereocenters. The van der Waals surface area contributed by atoms with Crippen LogP contribution in [0.4, 0.5) is 8.78 Å². The first-order valence-electron chi connectivity index (χ1n) is 6.83. The molecule has 0 saturated heterocycles.